The van der Waals surface area contributed by atoms with Crippen LogP contribution in [0, 0.1) is 0 Å². The molecule has 50 heavy (non-hydrogen) atoms. The Morgan fingerprint density at radius 2 is 1.02 bits per heavy atom. The molecule has 3 nitrogen and oxygen atoms in total. The number of hydrogen-bond acceptors (Lipinski definition) is 2. The third-order valence-electron chi connectivity index (χ3n) is 9.21. The van der Waals surface area contributed by atoms with Crippen molar-refractivity contribution in [3.63, 3.8) is 0 Å². The standard InChI is InChI=1S/C47H35N3/c1-3-4-6-13-33(2)34-20-24-37(25-21-34)43-32-44(49-47(48-43)39-14-7-5-8-15-39)38-26-22-35(23-27-38)36-28-30-40(31-29-36)50-45-18-11-9-16-41(45)42-17-10-12-19-46(42)50/h3-32H,1H2,2H3/b6-4-,33-13+. The predicted octanol–water partition coefficient (Wildman–Crippen LogP) is 12.4. The van der Waals surface area contributed by atoms with Crippen LogP contribution in [0.25, 0.3) is 78.1 Å². The van der Waals surface area contributed by atoms with E-state index in [1.54, 1.807) is 6.08 Å². The van der Waals surface area contributed by atoms with E-state index in [2.05, 4.69) is 164 Å². The van der Waals surface area contributed by atoms with E-state index in [1.165, 1.54) is 38.5 Å². The summed E-state index contributed by atoms with van der Waals surface area (Å²) in [5, 5.41) is 2.53. The summed E-state index contributed by atoms with van der Waals surface area (Å²) in [4.78, 5) is 10.1. The summed E-state index contributed by atoms with van der Waals surface area (Å²) < 4.78 is 2.35. The van der Waals surface area contributed by atoms with Crippen molar-refractivity contribution in [1.29, 1.82) is 0 Å². The van der Waals surface area contributed by atoms with Crippen molar-refractivity contribution < 1.29 is 0 Å². The van der Waals surface area contributed by atoms with Crippen molar-refractivity contribution in [2.75, 3.05) is 0 Å². The van der Waals surface area contributed by atoms with Gasteiger partial charge in [0, 0.05) is 33.2 Å². The van der Waals surface area contributed by atoms with Gasteiger partial charge in [0.1, 0.15) is 0 Å². The summed E-state index contributed by atoms with van der Waals surface area (Å²) in [6, 6.07) is 55.6. The number of aromatic nitrogens is 3. The first-order valence-electron chi connectivity index (χ1n) is 16.9. The minimum absolute atomic E-state index is 0.706. The van der Waals surface area contributed by atoms with Gasteiger partial charge in [-0.25, -0.2) is 9.97 Å². The molecule has 0 saturated carbocycles. The van der Waals surface area contributed by atoms with Crippen LogP contribution in [-0.2, 0) is 0 Å². The number of nitrogens with zero attached hydrogens (tertiary/aromatic N) is 3. The van der Waals surface area contributed by atoms with Crippen LogP contribution >= 0.6 is 0 Å². The van der Waals surface area contributed by atoms with Crippen LogP contribution in [0.5, 0.6) is 0 Å². The van der Waals surface area contributed by atoms with E-state index in [0.29, 0.717) is 5.82 Å². The van der Waals surface area contributed by atoms with Gasteiger partial charge in [-0.05, 0) is 59.5 Å². The molecule has 0 amide bonds. The second kappa shape index (κ2) is 13.5. The van der Waals surface area contributed by atoms with Gasteiger partial charge in [-0.2, -0.15) is 0 Å². The molecule has 2 heterocycles. The topological polar surface area (TPSA) is 30.7 Å². The molecule has 8 aromatic rings. The van der Waals surface area contributed by atoms with E-state index in [0.717, 1.165) is 39.3 Å². The lowest BCUT2D eigenvalue weighted by Gasteiger charge is -2.11. The fourth-order valence-corrected chi connectivity index (χ4v) is 6.57. The second-order valence-corrected chi connectivity index (χ2v) is 12.4. The molecule has 0 spiro atoms. The lowest BCUT2D eigenvalue weighted by Crippen LogP contribution is -1.96. The zero-order valence-corrected chi connectivity index (χ0v) is 27.9. The molecule has 0 unspecified atom stereocenters. The number of allylic oxidation sites excluding steroid dienone is 5. The fourth-order valence-electron chi connectivity index (χ4n) is 6.57. The smallest absolute Gasteiger partial charge is 0.160 e. The Morgan fingerprint density at radius 3 is 1.60 bits per heavy atom. The van der Waals surface area contributed by atoms with Gasteiger partial charge in [0.15, 0.2) is 5.82 Å². The number of benzene rings is 6. The number of hydrogen-bond donors (Lipinski definition) is 0. The summed E-state index contributed by atoms with van der Waals surface area (Å²) in [5.41, 5.74) is 13.1. The minimum Gasteiger partial charge on any atom is -0.309 e. The minimum atomic E-state index is 0.706. The van der Waals surface area contributed by atoms with Crippen molar-refractivity contribution in [2.45, 2.75) is 6.92 Å². The van der Waals surface area contributed by atoms with Crippen LogP contribution in [0.3, 0.4) is 0 Å². The van der Waals surface area contributed by atoms with E-state index in [-0.39, 0.29) is 0 Å². The molecule has 0 atom stereocenters. The maximum absolute atomic E-state index is 5.04. The average molecular weight is 642 g/mol. The molecule has 0 N–H and O–H groups in total. The Labute approximate surface area is 292 Å². The number of para-hydroxylation sites is 2. The highest BCUT2D eigenvalue weighted by atomic mass is 15.0. The Hall–Kier alpha value is -6.58. The maximum Gasteiger partial charge on any atom is 0.160 e. The molecular weight excluding hydrogens is 607 g/mol. The zero-order valence-electron chi connectivity index (χ0n) is 27.9. The molecule has 0 fully saturated rings. The van der Waals surface area contributed by atoms with Crippen LogP contribution in [0.4, 0.5) is 0 Å². The summed E-state index contributed by atoms with van der Waals surface area (Å²) >= 11 is 0. The first-order chi connectivity index (χ1) is 24.7. The summed E-state index contributed by atoms with van der Waals surface area (Å²) in [6.07, 6.45) is 7.81. The fraction of sp³-hybridized carbons (Fsp3) is 0.0213. The first-order valence-corrected chi connectivity index (χ1v) is 16.9. The molecule has 0 aliphatic rings. The van der Waals surface area contributed by atoms with Crippen molar-refractivity contribution in [1.82, 2.24) is 14.5 Å². The highest BCUT2D eigenvalue weighted by Gasteiger charge is 2.13. The van der Waals surface area contributed by atoms with Crippen LogP contribution in [-0.4, -0.2) is 14.5 Å². The molecule has 238 valence electrons. The van der Waals surface area contributed by atoms with Crippen LogP contribution in [0.1, 0.15) is 12.5 Å². The quantitative estimate of drug-likeness (QED) is 0.155. The number of rotatable bonds is 8. The van der Waals surface area contributed by atoms with Gasteiger partial charge >= 0.3 is 0 Å². The van der Waals surface area contributed by atoms with E-state index < -0.39 is 0 Å². The molecule has 0 aliphatic carbocycles. The molecule has 3 heteroatoms. The van der Waals surface area contributed by atoms with Gasteiger partial charge in [-0.1, -0.05) is 158 Å². The zero-order chi connectivity index (χ0) is 33.9. The molecule has 2 aromatic heterocycles. The third-order valence-corrected chi connectivity index (χ3v) is 9.21. The van der Waals surface area contributed by atoms with Gasteiger partial charge in [0.25, 0.3) is 0 Å². The molecule has 0 radical (unpaired) electrons. The lowest BCUT2D eigenvalue weighted by atomic mass is 10.0. The first kappa shape index (κ1) is 30.7. The molecule has 0 aliphatic heterocycles. The molecule has 8 rings (SSSR count). The van der Waals surface area contributed by atoms with Crippen LogP contribution in [0.15, 0.2) is 189 Å². The van der Waals surface area contributed by atoms with Crippen molar-refractivity contribution >= 4 is 27.4 Å². The van der Waals surface area contributed by atoms with E-state index in [4.69, 9.17) is 9.97 Å². The van der Waals surface area contributed by atoms with Gasteiger partial charge in [0.05, 0.1) is 22.4 Å². The Bertz CT molecular complexity index is 2460. The average Bonchev–Trinajstić information content (AvgIpc) is 3.53. The molecule has 0 saturated heterocycles. The van der Waals surface area contributed by atoms with Gasteiger partial charge in [-0.15, -0.1) is 0 Å². The summed E-state index contributed by atoms with van der Waals surface area (Å²) in [6.45, 7) is 5.86. The van der Waals surface area contributed by atoms with E-state index in [9.17, 15) is 0 Å². The number of fused-ring (bicyclic) bond motifs is 3. The molecule has 0 bridgehead atoms. The van der Waals surface area contributed by atoms with Crippen molar-refractivity contribution in [3.05, 3.63) is 194 Å². The lowest BCUT2D eigenvalue weighted by molar-refractivity contribution is 1.18. The highest BCUT2D eigenvalue weighted by Crippen LogP contribution is 2.34. The van der Waals surface area contributed by atoms with Gasteiger partial charge in [-0.3, -0.25) is 0 Å². The highest BCUT2D eigenvalue weighted by molar-refractivity contribution is 6.09. The van der Waals surface area contributed by atoms with E-state index >= 15 is 0 Å². The SMILES string of the molecule is C=C/C=C\C=C(/C)c1ccc(-c2cc(-c3ccc(-c4ccc(-n5c6ccccc6c6ccccc65)cc4)cc3)nc(-c3ccccc3)n2)cc1. The normalized spacial score (nSPS) is 11.8. The Balaban J connectivity index is 1.11. The Kier molecular flexibility index (Phi) is 8.30. The van der Waals surface area contributed by atoms with Crippen molar-refractivity contribution in [2.24, 2.45) is 0 Å². The predicted molar refractivity (Wildman–Crippen MR) is 211 cm³/mol. The second-order valence-electron chi connectivity index (χ2n) is 12.4. The van der Waals surface area contributed by atoms with Gasteiger partial charge in [0.2, 0.25) is 0 Å². The molecule has 6 aromatic carbocycles. The third kappa shape index (κ3) is 5.98. The Morgan fingerprint density at radius 1 is 0.520 bits per heavy atom. The molecular formula is C47H35N3. The van der Waals surface area contributed by atoms with Crippen LogP contribution < -0.4 is 0 Å². The van der Waals surface area contributed by atoms with E-state index in [1.807, 2.05) is 30.4 Å². The summed E-state index contributed by atoms with van der Waals surface area (Å²) in [7, 11) is 0. The van der Waals surface area contributed by atoms with Gasteiger partial charge < -0.3 is 4.57 Å². The van der Waals surface area contributed by atoms with Crippen LogP contribution in [0.2, 0.25) is 0 Å². The maximum atomic E-state index is 5.04. The summed E-state index contributed by atoms with van der Waals surface area (Å²) in [5.74, 6) is 0.706. The van der Waals surface area contributed by atoms with Crippen molar-refractivity contribution in [3.8, 4) is 50.7 Å². The largest absolute Gasteiger partial charge is 0.309 e. The monoisotopic (exact) mass is 641 g/mol.